The zero-order valence-corrected chi connectivity index (χ0v) is 12.7. The minimum atomic E-state index is -0.692. The number of ether oxygens (including phenoxy) is 1. The van der Waals surface area contributed by atoms with Gasteiger partial charge in [-0.15, -0.1) is 0 Å². The third-order valence-electron chi connectivity index (χ3n) is 2.68. The number of hydrogen-bond donors (Lipinski definition) is 3. The number of methoxy groups -OCH3 is 1. The van der Waals surface area contributed by atoms with E-state index >= 15 is 0 Å². The van der Waals surface area contributed by atoms with E-state index in [1.165, 1.54) is 7.11 Å². The quantitative estimate of drug-likeness (QED) is 0.694. The molecule has 0 fully saturated rings. The number of nitrogens with one attached hydrogen (secondary N) is 3. The topological polar surface area (TPSA) is 117 Å². The van der Waals surface area contributed by atoms with Gasteiger partial charge in [-0.1, -0.05) is 17.8 Å². The summed E-state index contributed by atoms with van der Waals surface area (Å²) in [7, 11) is 1.54. The van der Waals surface area contributed by atoms with Crippen LogP contribution in [0.15, 0.2) is 38.9 Å². The Labute approximate surface area is 129 Å². The normalized spacial score (nSPS) is 11.7. The number of aromatic amines is 2. The highest BCUT2D eigenvalue weighted by atomic mass is 32.2. The molecule has 0 aliphatic rings. The van der Waals surface area contributed by atoms with Crippen LogP contribution in [0, 0.1) is 0 Å². The van der Waals surface area contributed by atoms with Crippen molar-refractivity contribution < 1.29 is 9.53 Å². The zero-order chi connectivity index (χ0) is 16.1. The van der Waals surface area contributed by atoms with Gasteiger partial charge in [-0.25, -0.2) is 9.89 Å². The molecule has 22 heavy (non-hydrogen) atoms. The number of anilines is 1. The minimum absolute atomic E-state index is 0.0212. The number of hydrogen-bond acceptors (Lipinski definition) is 6. The molecule has 9 heteroatoms. The van der Waals surface area contributed by atoms with Gasteiger partial charge < -0.3 is 10.1 Å². The van der Waals surface area contributed by atoms with Gasteiger partial charge >= 0.3 is 5.69 Å². The second kappa shape index (κ2) is 6.94. The number of carbonyl (C=O) groups is 1. The third kappa shape index (κ3) is 3.98. The van der Waals surface area contributed by atoms with Gasteiger partial charge in [0.05, 0.1) is 12.4 Å². The molecule has 2 rings (SSSR count). The fourth-order valence-electron chi connectivity index (χ4n) is 1.58. The lowest BCUT2D eigenvalue weighted by atomic mass is 10.3. The van der Waals surface area contributed by atoms with Gasteiger partial charge in [0, 0.05) is 11.8 Å². The van der Waals surface area contributed by atoms with Crippen molar-refractivity contribution in [2.24, 2.45) is 0 Å². The first kappa shape index (κ1) is 15.8. The van der Waals surface area contributed by atoms with Crippen LogP contribution in [0.2, 0.25) is 0 Å². The van der Waals surface area contributed by atoms with E-state index in [9.17, 15) is 14.4 Å². The summed E-state index contributed by atoms with van der Waals surface area (Å²) in [5, 5.41) is 7.89. The summed E-state index contributed by atoms with van der Waals surface area (Å²) in [6.45, 7) is 1.63. The van der Waals surface area contributed by atoms with Crippen LogP contribution >= 0.6 is 11.8 Å². The number of H-pyrrole nitrogens is 2. The first-order valence-electron chi connectivity index (χ1n) is 6.30. The Bertz CT molecular complexity index is 786. The molecule has 1 heterocycles. The molecule has 0 saturated carbocycles. The van der Waals surface area contributed by atoms with E-state index in [2.05, 4.69) is 15.5 Å². The Morgan fingerprint density at radius 3 is 2.86 bits per heavy atom. The van der Waals surface area contributed by atoms with Crippen molar-refractivity contribution >= 4 is 23.4 Å². The van der Waals surface area contributed by atoms with E-state index in [4.69, 9.17) is 4.74 Å². The molecule has 1 atom stereocenters. The van der Waals surface area contributed by atoms with Crippen molar-refractivity contribution in [2.45, 2.75) is 17.2 Å². The van der Waals surface area contributed by atoms with E-state index in [0.29, 0.717) is 11.4 Å². The number of aromatic nitrogens is 3. The Hall–Kier alpha value is -2.55. The number of rotatable bonds is 5. The molecule has 8 nitrogen and oxygen atoms in total. The molecule has 0 saturated heterocycles. The molecule has 1 aromatic carbocycles. The molecular weight excluding hydrogens is 308 g/mol. The van der Waals surface area contributed by atoms with Crippen molar-refractivity contribution in [1.29, 1.82) is 0 Å². The van der Waals surface area contributed by atoms with Crippen LogP contribution in [-0.2, 0) is 4.79 Å². The molecule has 2 aromatic rings. The largest absolute Gasteiger partial charge is 0.497 e. The molecular formula is C13H14N4O4S. The van der Waals surface area contributed by atoms with Crippen molar-refractivity contribution in [1.82, 2.24) is 15.2 Å². The van der Waals surface area contributed by atoms with Gasteiger partial charge in [0.1, 0.15) is 5.75 Å². The highest BCUT2D eigenvalue weighted by Gasteiger charge is 2.17. The molecule has 3 N–H and O–H groups in total. The summed E-state index contributed by atoms with van der Waals surface area (Å²) >= 11 is 0.948. The fraction of sp³-hybridized carbons (Fsp3) is 0.231. The van der Waals surface area contributed by atoms with Crippen LogP contribution in [0.3, 0.4) is 0 Å². The van der Waals surface area contributed by atoms with Gasteiger partial charge in [-0.2, -0.15) is 5.10 Å². The standard InChI is InChI=1S/C13H14N4O4S/c1-7(22-12-11(19)15-13(20)17-16-12)10(18)14-8-4-3-5-9(6-8)21-2/h3-7H,1-2H3,(H,14,18)(H2,15,17,19,20). The Kier molecular flexibility index (Phi) is 4.99. The molecule has 1 unspecified atom stereocenters. The third-order valence-corrected chi connectivity index (χ3v) is 3.74. The highest BCUT2D eigenvalue weighted by molar-refractivity contribution is 8.00. The van der Waals surface area contributed by atoms with Crippen LogP contribution in [0.25, 0.3) is 0 Å². The number of benzene rings is 1. The first-order chi connectivity index (χ1) is 10.5. The number of carbonyl (C=O) groups excluding carboxylic acids is 1. The average molecular weight is 322 g/mol. The summed E-state index contributed by atoms with van der Waals surface area (Å²) in [5.41, 5.74) is -0.738. The Balaban J connectivity index is 2.05. The monoisotopic (exact) mass is 322 g/mol. The summed E-state index contributed by atoms with van der Waals surface area (Å²) in [6, 6.07) is 6.92. The lowest BCUT2D eigenvalue weighted by Gasteiger charge is -2.11. The minimum Gasteiger partial charge on any atom is -0.497 e. The van der Waals surface area contributed by atoms with E-state index in [1.807, 2.05) is 4.98 Å². The maximum atomic E-state index is 12.1. The van der Waals surface area contributed by atoms with Crippen LogP contribution in [-0.4, -0.2) is 33.4 Å². The zero-order valence-electron chi connectivity index (χ0n) is 11.9. The molecule has 0 spiro atoms. The summed E-state index contributed by atoms with van der Waals surface area (Å²) in [5.74, 6) is 0.322. The Morgan fingerprint density at radius 1 is 1.41 bits per heavy atom. The van der Waals surface area contributed by atoms with Crippen LogP contribution in [0.5, 0.6) is 5.75 Å². The van der Waals surface area contributed by atoms with Crippen LogP contribution < -0.4 is 21.3 Å². The number of amides is 1. The van der Waals surface area contributed by atoms with E-state index in [1.54, 1.807) is 31.2 Å². The fourth-order valence-corrected chi connectivity index (χ4v) is 2.34. The maximum absolute atomic E-state index is 12.1. The second-order valence-electron chi connectivity index (χ2n) is 4.29. The van der Waals surface area contributed by atoms with Crippen molar-refractivity contribution in [3.63, 3.8) is 0 Å². The highest BCUT2D eigenvalue weighted by Crippen LogP contribution is 2.20. The van der Waals surface area contributed by atoms with Gasteiger partial charge in [0.15, 0.2) is 5.03 Å². The Morgan fingerprint density at radius 2 is 2.18 bits per heavy atom. The van der Waals surface area contributed by atoms with E-state index < -0.39 is 16.5 Å². The SMILES string of the molecule is COc1cccc(NC(=O)C(C)Sc2n[nH]c(=O)[nH]c2=O)c1. The summed E-state index contributed by atoms with van der Waals surface area (Å²) in [6.07, 6.45) is 0. The van der Waals surface area contributed by atoms with Crippen LogP contribution in [0.1, 0.15) is 6.92 Å². The molecule has 0 aliphatic heterocycles. The second-order valence-corrected chi connectivity index (χ2v) is 5.62. The summed E-state index contributed by atoms with van der Waals surface area (Å²) < 4.78 is 5.07. The van der Waals surface area contributed by atoms with Gasteiger partial charge in [0.25, 0.3) is 5.56 Å². The number of nitrogens with zero attached hydrogens (tertiary/aromatic N) is 1. The molecule has 0 aliphatic carbocycles. The lowest BCUT2D eigenvalue weighted by molar-refractivity contribution is -0.115. The molecule has 0 bridgehead atoms. The average Bonchev–Trinajstić information content (AvgIpc) is 2.50. The lowest BCUT2D eigenvalue weighted by Crippen LogP contribution is -2.28. The van der Waals surface area contributed by atoms with Gasteiger partial charge in [0.2, 0.25) is 5.91 Å². The van der Waals surface area contributed by atoms with Crippen LogP contribution in [0.4, 0.5) is 5.69 Å². The molecule has 1 amide bonds. The molecule has 0 radical (unpaired) electrons. The van der Waals surface area contributed by atoms with Crippen molar-refractivity contribution in [3.05, 3.63) is 45.1 Å². The molecule has 116 valence electrons. The summed E-state index contributed by atoms with van der Waals surface area (Å²) in [4.78, 5) is 36.6. The van der Waals surface area contributed by atoms with Crippen molar-refractivity contribution in [3.8, 4) is 5.75 Å². The van der Waals surface area contributed by atoms with Crippen molar-refractivity contribution in [2.75, 3.05) is 12.4 Å². The number of thioether (sulfide) groups is 1. The predicted molar refractivity (Wildman–Crippen MR) is 82.4 cm³/mol. The predicted octanol–water partition coefficient (Wildman–Crippen LogP) is 0.586. The van der Waals surface area contributed by atoms with Gasteiger partial charge in [-0.05, 0) is 19.1 Å². The van der Waals surface area contributed by atoms with Gasteiger partial charge in [-0.3, -0.25) is 14.6 Å². The van der Waals surface area contributed by atoms with E-state index in [0.717, 1.165) is 11.8 Å². The van der Waals surface area contributed by atoms with E-state index in [-0.39, 0.29) is 10.9 Å². The first-order valence-corrected chi connectivity index (χ1v) is 7.18. The maximum Gasteiger partial charge on any atom is 0.342 e. The smallest absolute Gasteiger partial charge is 0.342 e. The molecule has 1 aromatic heterocycles.